The maximum absolute atomic E-state index is 13.0. The van der Waals surface area contributed by atoms with Crippen LogP contribution < -0.4 is 0 Å². The zero-order valence-corrected chi connectivity index (χ0v) is 15.2. The molecule has 0 spiro atoms. The van der Waals surface area contributed by atoms with Crippen molar-refractivity contribution in [3.63, 3.8) is 0 Å². The van der Waals surface area contributed by atoms with Gasteiger partial charge in [0.1, 0.15) is 0 Å². The summed E-state index contributed by atoms with van der Waals surface area (Å²) in [6.07, 6.45) is 3.35. The van der Waals surface area contributed by atoms with Crippen LogP contribution in [0, 0.1) is 19.3 Å². The predicted octanol–water partition coefficient (Wildman–Crippen LogP) is 3.57. The van der Waals surface area contributed by atoms with Gasteiger partial charge in [0.2, 0.25) is 5.91 Å². The van der Waals surface area contributed by atoms with E-state index in [2.05, 4.69) is 37.7 Å². The molecule has 22 heavy (non-hydrogen) atoms. The molecule has 1 aromatic heterocycles. The minimum atomic E-state index is -0.103. The van der Waals surface area contributed by atoms with Crippen LogP contribution in [-0.4, -0.2) is 33.2 Å². The molecule has 2 rings (SSSR count). The van der Waals surface area contributed by atoms with E-state index in [0.29, 0.717) is 6.04 Å². The zero-order chi connectivity index (χ0) is 16.7. The summed E-state index contributed by atoms with van der Waals surface area (Å²) in [6.45, 7) is 13.8. The first-order valence-electron chi connectivity index (χ1n) is 8.42. The first-order chi connectivity index (χ1) is 10.1. The summed E-state index contributed by atoms with van der Waals surface area (Å²) in [5.74, 6) is 0.167. The largest absolute Gasteiger partial charge is 0.339 e. The predicted molar refractivity (Wildman–Crippen MR) is 89.9 cm³/mol. The molecule has 1 aromatic rings. The lowest BCUT2D eigenvalue weighted by atomic mass is 9.87. The van der Waals surface area contributed by atoms with Crippen molar-refractivity contribution in [3.05, 3.63) is 17.0 Å². The molecule has 0 aliphatic carbocycles. The Morgan fingerprint density at radius 3 is 2.50 bits per heavy atom. The summed E-state index contributed by atoms with van der Waals surface area (Å²) in [5, 5.41) is 4.47. The fourth-order valence-corrected chi connectivity index (χ4v) is 3.83. The summed E-state index contributed by atoms with van der Waals surface area (Å²) in [7, 11) is 1.95. The molecule has 0 N–H and O–H groups in total. The third-order valence-corrected chi connectivity index (χ3v) is 4.88. The highest BCUT2D eigenvalue weighted by molar-refractivity contribution is 5.84. The highest BCUT2D eigenvalue weighted by atomic mass is 16.2. The Kier molecular flexibility index (Phi) is 4.69. The van der Waals surface area contributed by atoms with Gasteiger partial charge in [0.15, 0.2) is 0 Å². The fraction of sp³-hybridized carbons (Fsp3) is 0.778. The summed E-state index contributed by atoms with van der Waals surface area (Å²) in [4.78, 5) is 15.2. The van der Waals surface area contributed by atoms with Gasteiger partial charge < -0.3 is 4.90 Å². The summed E-state index contributed by atoms with van der Waals surface area (Å²) >= 11 is 0. The smallest absolute Gasteiger partial charge is 0.230 e. The minimum absolute atomic E-state index is 0.103. The monoisotopic (exact) mass is 305 g/mol. The van der Waals surface area contributed by atoms with Gasteiger partial charge in [-0.1, -0.05) is 20.8 Å². The van der Waals surface area contributed by atoms with Gasteiger partial charge in [-0.05, 0) is 45.4 Å². The molecule has 0 radical (unpaired) electrons. The van der Waals surface area contributed by atoms with Crippen molar-refractivity contribution < 1.29 is 4.79 Å². The van der Waals surface area contributed by atoms with Crippen LogP contribution in [0.4, 0.5) is 0 Å². The summed E-state index contributed by atoms with van der Waals surface area (Å²) < 4.78 is 1.88. The normalized spacial score (nSPS) is 20.5. The Bertz CT molecular complexity index is 553. The lowest BCUT2D eigenvalue weighted by molar-refractivity contribution is -0.133. The molecular weight excluding hydrogens is 274 g/mol. The van der Waals surface area contributed by atoms with Crippen molar-refractivity contribution in [2.75, 3.05) is 6.54 Å². The molecule has 1 amide bonds. The van der Waals surface area contributed by atoms with Gasteiger partial charge >= 0.3 is 0 Å². The van der Waals surface area contributed by atoms with E-state index in [1.54, 1.807) is 0 Å². The molecular formula is C18H31N3O. The van der Waals surface area contributed by atoms with Gasteiger partial charge in [-0.25, -0.2) is 0 Å². The Morgan fingerprint density at radius 1 is 1.36 bits per heavy atom. The second kappa shape index (κ2) is 6.05. The number of likely N-dealkylation sites (tertiary alicyclic amines) is 1. The number of aromatic nitrogens is 2. The van der Waals surface area contributed by atoms with E-state index in [4.69, 9.17) is 0 Å². The van der Waals surface area contributed by atoms with Crippen molar-refractivity contribution in [2.45, 2.75) is 72.8 Å². The van der Waals surface area contributed by atoms with E-state index in [-0.39, 0.29) is 17.2 Å². The van der Waals surface area contributed by atoms with Crippen molar-refractivity contribution in [1.29, 1.82) is 0 Å². The van der Waals surface area contributed by atoms with Crippen molar-refractivity contribution in [3.8, 4) is 0 Å². The SMILES string of the molecule is Cc1nn(C)c(C)c1[C@@H](C)C(=O)N1CCC[C@@H]1CC(C)(C)C. The van der Waals surface area contributed by atoms with E-state index >= 15 is 0 Å². The Morgan fingerprint density at radius 2 is 2.00 bits per heavy atom. The number of hydrogen-bond acceptors (Lipinski definition) is 2. The summed E-state index contributed by atoms with van der Waals surface area (Å²) in [5.41, 5.74) is 3.45. The van der Waals surface area contributed by atoms with Crippen LogP contribution in [-0.2, 0) is 11.8 Å². The lowest BCUT2D eigenvalue weighted by Crippen LogP contribution is -2.40. The number of hydrogen-bond donors (Lipinski definition) is 0. The quantitative estimate of drug-likeness (QED) is 0.856. The van der Waals surface area contributed by atoms with Crippen molar-refractivity contribution in [1.82, 2.24) is 14.7 Å². The van der Waals surface area contributed by atoms with Crippen molar-refractivity contribution in [2.24, 2.45) is 12.5 Å². The van der Waals surface area contributed by atoms with Gasteiger partial charge in [0.25, 0.3) is 0 Å². The maximum atomic E-state index is 13.0. The molecule has 1 fully saturated rings. The average molecular weight is 305 g/mol. The van der Waals surface area contributed by atoms with Crippen LogP contribution >= 0.6 is 0 Å². The number of carbonyl (C=O) groups excluding carboxylic acids is 1. The Balaban J connectivity index is 2.19. The molecule has 1 saturated heterocycles. The number of aryl methyl sites for hydroxylation is 2. The molecule has 2 atom stereocenters. The molecule has 1 aliphatic rings. The second-order valence-electron chi connectivity index (χ2n) is 8.02. The molecule has 0 aromatic carbocycles. The van der Waals surface area contributed by atoms with Crippen LogP contribution in [0.2, 0.25) is 0 Å². The molecule has 124 valence electrons. The van der Waals surface area contributed by atoms with Crippen LogP contribution in [0.3, 0.4) is 0 Å². The van der Waals surface area contributed by atoms with Crippen molar-refractivity contribution >= 4 is 5.91 Å². The maximum Gasteiger partial charge on any atom is 0.230 e. The Labute approximate surface area is 134 Å². The van der Waals surface area contributed by atoms with Gasteiger partial charge in [-0.2, -0.15) is 5.10 Å². The molecule has 0 bridgehead atoms. The van der Waals surface area contributed by atoms with Crippen LogP contribution in [0.5, 0.6) is 0 Å². The van der Waals surface area contributed by atoms with E-state index in [1.807, 2.05) is 25.6 Å². The highest BCUT2D eigenvalue weighted by Crippen LogP contribution is 2.33. The first kappa shape index (κ1) is 17.0. The lowest BCUT2D eigenvalue weighted by Gasteiger charge is -2.32. The van der Waals surface area contributed by atoms with E-state index in [0.717, 1.165) is 42.8 Å². The number of rotatable bonds is 3. The van der Waals surface area contributed by atoms with Gasteiger partial charge in [-0.15, -0.1) is 0 Å². The van der Waals surface area contributed by atoms with Crippen LogP contribution in [0.1, 0.15) is 69.8 Å². The molecule has 1 aliphatic heterocycles. The Hall–Kier alpha value is -1.32. The molecule has 4 heteroatoms. The van der Waals surface area contributed by atoms with E-state index in [9.17, 15) is 4.79 Å². The topological polar surface area (TPSA) is 38.1 Å². The van der Waals surface area contributed by atoms with Gasteiger partial charge in [0, 0.05) is 30.9 Å². The van der Waals surface area contributed by atoms with E-state index < -0.39 is 0 Å². The standard InChI is InChI=1S/C18H31N3O/c1-12(16-13(2)19-20(7)14(16)3)17(22)21-10-8-9-15(21)11-18(4,5)6/h12,15H,8-11H2,1-7H3/t12-,15-/m1/s1. The van der Waals surface area contributed by atoms with Gasteiger partial charge in [-0.3, -0.25) is 9.48 Å². The highest BCUT2D eigenvalue weighted by Gasteiger charge is 2.35. The molecule has 4 nitrogen and oxygen atoms in total. The average Bonchev–Trinajstić information content (AvgIpc) is 2.92. The van der Waals surface area contributed by atoms with E-state index in [1.165, 1.54) is 0 Å². The summed E-state index contributed by atoms with van der Waals surface area (Å²) in [6, 6.07) is 0.396. The third-order valence-electron chi connectivity index (χ3n) is 4.88. The fourth-order valence-electron chi connectivity index (χ4n) is 3.83. The second-order valence-corrected chi connectivity index (χ2v) is 8.02. The number of nitrogens with zero attached hydrogens (tertiary/aromatic N) is 3. The van der Waals surface area contributed by atoms with Crippen LogP contribution in [0.15, 0.2) is 0 Å². The molecule has 0 unspecified atom stereocenters. The minimum Gasteiger partial charge on any atom is -0.339 e. The van der Waals surface area contributed by atoms with Crippen LogP contribution in [0.25, 0.3) is 0 Å². The molecule has 2 heterocycles. The number of carbonyl (C=O) groups is 1. The molecule has 0 saturated carbocycles. The van der Waals surface area contributed by atoms with Gasteiger partial charge in [0.05, 0.1) is 11.6 Å². The third kappa shape index (κ3) is 3.36. The number of amides is 1. The zero-order valence-electron chi connectivity index (χ0n) is 15.2. The first-order valence-corrected chi connectivity index (χ1v) is 8.42.